The Balaban J connectivity index is 1.30. The summed E-state index contributed by atoms with van der Waals surface area (Å²) in [5.41, 5.74) is 1.47. The van der Waals surface area contributed by atoms with E-state index < -0.39 is 0 Å². The molecule has 3 aromatic rings. The number of aliphatic hydroxyl groups is 1. The molecule has 4 rings (SSSR count). The molecule has 0 bridgehead atoms. The van der Waals surface area contributed by atoms with E-state index in [1.54, 1.807) is 0 Å². The number of aromatic nitrogens is 1. The van der Waals surface area contributed by atoms with Gasteiger partial charge in [0.05, 0.1) is 6.61 Å². The zero-order valence-corrected chi connectivity index (χ0v) is 14.5. The van der Waals surface area contributed by atoms with Crippen LogP contribution in [0.4, 0.5) is 0 Å². The van der Waals surface area contributed by atoms with E-state index in [1.807, 2.05) is 48.5 Å². The number of hydrogen-bond donors (Lipinski definition) is 1. The van der Waals surface area contributed by atoms with E-state index >= 15 is 0 Å². The molecule has 1 saturated carbocycles. The highest BCUT2D eigenvalue weighted by Gasteiger charge is 2.28. The van der Waals surface area contributed by atoms with E-state index in [1.165, 1.54) is 12.8 Å². The van der Waals surface area contributed by atoms with Crippen LogP contribution < -0.4 is 9.47 Å². The van der Waals surface area contributed by atoms with Crippen LogP contribution in [0.5, 0.6) is 17.6 Å². The number of para-hydroxylation sites is 2. The maximum absolute atomic E-state index is 9.12. The molecule has 0 saturated heterocycles. The summed E-state index contributed by atoms with van der Waals surface area (Å²) >= 11 is 0. The standard InChI is InChI=1S/C20H22N2O4/c23-13-11-22(15-5-6-15)12-14-24-16-7-9-17(10-8-16)25-20-21-18-3-1-2-4-19(18)26-20/h1-4,7-10,15,23H,5-6,11-14H2. The first-order valence-electron chi connectivity index (χ1n) is 8.93. The third-order valence-corrected chi connectivity index (χ3v) is 4.40. The molecular formula is C20H22N2O4. The van der Waals surface area contributed by atoms with E-state index in [0.29, 0.717) is 30.5 Å². The van der Waals surface area contributed by atoms with Crippen molar-refractivity contribution in [2.45, 2.75) is 18.9 Å². The lowest BCUT2D eigenvalue weighted by Crippen LogP contribution is -2.33. The molecule has 0 radical (unpaired) electrons. The van der Waals surface area contributed by atoms with Crippen molar-refractivity contribution >= 4 is 11.1 Å². The number of benzene rings is 2. The van der Waals surface area contributed by atoms with Crippen LogP contribution in [0.15, 0.2) is 52.9 Å². The Labute approximate surface area is 152 Å². The van der Waals surface area contributed by atoms with E-state index in [9.17, 15) is 0 Å². The predicted molar refractivity (Wildman–Crippen MR) is 97.7 cm³/mol. The molecule has 2 aromatic carbocycles. The molecule has 136 valence electrons. The molecule has 6 nitrogen and oxygen atoms in total. The maximum atomic E-state index is 9.12. The number of oxazole rings is 1. The number of hydrogen-bond acceptors (Lipinski definition) is 6. The molecule has 26 heavy (non-hydrogen) atoms. The van der Waals surface area contributed by atoms with E-state index in [4.69, 9.17) is 19.0 Å². The molecule has 0 aliphatic heterocycles. The van der Waals surface area contributed by atoms with Crippen LogP contribution >= 0.6 is 0 Å². The van der Waals surface area contributed by atoms with Gasteiger partial charge in [-0.2, -0.15) is 4.98 Å². The highest BCUT2D eigenvalue weighted by molar-refractivity contribution is 5.72. The molecular weight excluding hydrogens is 332 g/mol. The SMILES string of the molecule is OCCN(CCOc1ccc(Oc2nc3ccccc3o2)cc1)C1CC1. The average Bonchev–Trinajstić information content (AvgIpc) is 3.42. The quantitative estimate of drug-likeness (QED) is 0.635. The van der Waals surface area contributed by atoms with E-state index in [0.717, 1.165) is 17.8 Å². The number of fused-ring (bicyclic) bond motifs is 1. The molecule has 0 atom stereocenters. The van der Waals surface area contributed by atoms with Gasteiger partial charge in [-0.25, -0.2) is 0 Å². The molecule has 6 heteroatoms. The smallest absolute Gasteiger partial charge is 0.400 e. The van der Waals surface area contributed by atoms with Crippen molar-refractivity contribution in [1.82, 2.24) is 9.88 Å². The fourth-order valence-electron chi connectivity index (χ4n) is 2.93. The molecule has 1 aromatic heterocycles. The van der Waals surface area contributed by atoms with Gasteiger partial charge < -0.3 is 19.0 Å². The first-order chi connectivity index (χ1) is 12.8. The minimum absolute atomic E-state index is 0.193. The highest BCUT2D eigenvalue weighted by atomic mass is 16.6. The third kappa shape index (κ3) is 4.15. The molecule has 1 aliphatic carbocycles. The van der Waals surface area contributed by atoms with E-state index in [2.05, 4.69) is 9.88 Å². The zero-order chi connectivity index (χ0) is 17.8. The molecule has 1 heterocycles. The summed E-state index contributed by atoms with van der Waals surface area (Å²) in [5.74, 6) is 1.43. The van der Waals surface area contributed by atoms with Gasteiger partial charge in [0.2, 0.25) is 0 Å². The minimum atomic E-state index is 0.193. The Bertz CT molecular complexity index is 809. The normalized spacial score (nSPS) is 14.1. The predicted octanol–water partition coefficient (Wildman–Crippen LogP) is 3.46. The molecule has 1 aliphatic rings. The Hall–Kier alpha value is -2.57. The van der Waals surface area contributed by atoms with Crippen molar-refractivity contribution < 1.29 is 19.0 Å². The average molecular weight is 354 g/mol. The van der Waals surface area contributed by atoms with Crippen molar-refractivity contribution in [2.24, 2.45) is 0 Å². The molecule has 0 spiro atoms. The van der Waals surface area contributed by atoms with Gasteiger partial charge in [-0.05, 0) is 49.2 Å². The summed E-state index contributed by atoms with van der Waals surface area (Å²) in [4.78, 5) is 6.58. The van der Waals surface area contributed by atoms with Gasteiger partial charge in [0.15, 0.2) is 5.58 Å². The summed E-state index contributed by atoms with van der Waals surface area (Å²) in [7, 11) is 0. The summed E-state index contributed by atoms with van der Waals surface area (Å²) in [5, 5.41) is 9.12. The molecule has 1 N–H and O–H groups in total. The van der Waals surface area contributed by atoms with Gasteiger partial charge in [0.1, 0.15) is 23.6 Å². The molecule has 1 fully saturated rings. The summed E-state index contributed by atoms with van der Waals surface area (Å²) < 4.78 is 17.0. The van der Waals surface area contributed by atoms with Crippen LogP contribution in [0, 0.1) is 0 Å². The third-order valence-electron chi connectivity index (χ3n) is 4.40. The van der Waals surface area contributed by atoms with Gasteiger partial charge >= 0.3 is 6.08 Å². The monoisotopic (exact) mass is 354 g/mol. The highest BCUT2D eigenvalue weighted by Crippen LogP contribution is 2.27. The topological polar surface area (TPSA) is 68.0 Å². The van der Waals surface area contributed by atoms with Crippen molar-refractivity contribution in [2.75, 3.05) is 26.3 Å². The minimum Gasteiger partial charge on any atom is -0.492 e. The van der Waals surface area contributed by atoms with Crippen molar-refractivity contribution in [3.63, 3.8) is 0 Å². The Morgan fingerprint density at radius 3 is 2.54 bits per heavy atom. The van der Waals surface area contributed by atoms with Crippen LogP contribution in [-0.2, 0) is 0 Å². The summed E-state index contributed by atoms with van der Waals surface area (Å²) in [6, 6.07) is 15.6. The first-order valence-corrected chi connectivity index (χ1v) is 8.93. The van der Waals surface area contributed by atoms with Crippen molar-refractivity contribution in [3.05, 3.63) is 48.5 Å². The van der Waals surface area contributed by atoms with Crippen LogP contribution in [0.2, 0.25) is 0 Å². The number of ether oxygens (including phenoxy) is 2. The summed E-state index contributed by atoms with van der Waals surface area (Å²) in [6.07, 6.45) is 2.67. The molecule has 0 unspecified atom stereocenters. The van der Waals surface area contributed by atoms with Crippen molar-refractivity contribution in [1.29, 1.82) is 0 Å². The van der Waals surface area contributed by atoms with Crippen molar-refractivity contribution in [3.8, 4) is 17.6 Å². The van der Waals surface area contributed by atoms with Gasteiger partial charge in [-0.3, -0.25) is 4.90 Å². The second-order valence-corrected chi connectivity index (χ2v) is 6.36. The fourth-order valence-corrected chi connectivity index (χ4v) is 2.93. The second-order valence-electron chi connectivity index (χ2n) is 6.36. The van der Waals surface area contributed by atoms with Crippen LogP contribution in [0.25, 0.3) is 11.1 Å². The fraction of sp³-hybridized carbons (Fsp3) is 0.350. The van der Waals surface area contributed by atoms with Crippen LogP contribution in [0.3, 0.4) is 0 Å². The largest absolute Gasteiger partial charge is 0.492 e. The lowest BCUT2D eigenvalue weighted by Gasteiger charge is -2.20. The number of rotatable bonds is 9. The van der Waals surface area contributed by atoms with Gasteiger partial charge in [-0.15, -0.1) is 0 Å². The zero-order valence-electron chi connectivity index (χ0n) is 14.5. The number of aliphatic hydroxyl groups excluding tert-OH is 1. The van der Waals surface area contributed by atoms with Crippen LogP contribution in [-0.4, -0.2) is 47.3 Å². The second kappa shape index (κ2) is 7.76. The van der Waals surface area contributed by atoms with Gasteiger partial charge in [-0.1, -0.05) is 12.1 Å². The Morgan fingerprint density at radius 2 is 1.81 bits per heavy atom. The van der Waals surface area contributed by atoms with Gasteiger partial charge in [0.25, 0.3) is 0 Å². The first kappa shape index (κ1) is 16.9. The number of nitrogens with zero attached hydrogens (tertiary/aromatic N) is 2. The van der Waals surface area contributed by atoms with Crippen LogP contribution in [0.1, 0.15) is 12.8 Å². The summed E-state index contributed by atoms with van der Waals surface area (Å²) in [6.45, 7) is 2.33. The lowest BCUT2D eigenvalue weighted by atomic mass is 10.3. The molecule has 0 amide bonds. The Morgan fingerprint density at radius 1 is 1.04 bits per heavy atom. The Kier molecular flexibility index (Phi) is 5.04. The van der Waals surface area contributed by atoms with Gasteiger partial charge in [0, 0.05) is 19.1 Å². The van der Waals surface area contributed by atoms with E-state index in [-0.39, 0.29) is 12.7 Å². The maximum Gasteiger partial charge on any atom is 0.400 e. The lowest BCUT2D eigenvalue weighted by molar-refractivity contribution is 0.162.